The molecule has 2 aliphatic rings. The molecule has 0 bridgehead atoms. The summed E-state index contributed by atoms with van der Waals surface area (Å²) in [5.74, 6) is 1.65. The van der Waals surface area contributed by atoms with Crippen LogP contribution in [0.5, 0.6) is 17.5 Å². The first-order chi connectivity index (χ1) is 14.3. The average molecular weight is 412 g/mol. The Balaban J connectivity index is 1.29. The molecule has 8 heteroatoms. The molecule has 4 heterocycles. The van der Waals surface area contributed by atoms with Crippen molar-refractivity contribution >= 4 is 26.7 Å². The minimum Gasteiger partial charge on any atom is -0.480 e. The Morgan fingerprint density at radius 3 is 2.62 bits per heavy atom. The zero-order valence-corrected chi connectivity index (χ0v) is 17.4. The lowest BCUT2D eigenvalue weighted by Gasteiger charge is -2.32. The highest BCUT2D eigenvalue weighted by Crippen LogP contribution is 2.34. The Labute approximate surface area is 174 Å². The summed E-state index contributed by atoms with van der Waals surface area (Å²) in [7, 11) is 1.56. The van der Waals surface area contributed by atoms with Crippen molar-refractivity contribution in [2.45, 2.75) is 31.7 Å². The number of benzene rings is 1. The van der Waals surface area contributed by atoms with Crippen LogP contribution in [0.2, 0.25) is 0 Å². The van der Waals surface area contributed by atoms with E-state index in [4.69, 9.17) is 14.5 Å². The summed E-state index contributed by atoms with van der Waals surface area (Å²) in [5, 5.41) is 9.08. The number of hydrogen-bond donors (Lipinski definition) is 0. The lowest BCUT2D eigenvalue weighted by Crippen LogP contribution is -2.40. The maximum absolute atomic E-state index is 5.85. The number of fused-ring (bicyclic) bond motifs is 1. The molecule has 7 nitrogen and oxygen atoms in total. The largest absolute Gasteiger partial charge is 0.480 e. The van der Waals surface area contributed by atoms with E-state index in [1.54, 1.807) is 30.6 Å². The maximum Gasteiger partial charge on any atom is 0.239 e. The van der Waals surface area contributed by atoms with Crippen molar-refractivity contribution in [3.05, 3.63) is 30.3 Å². The number of rotatable bonds is 5. The van der Waals surface area contributed by atoms with Gasteiger partial charge in [-0.2, -0.15) is 0 Å². The summed E-state index contributed by atoms with van der Waals surface area (Å²) in [6.45, 7) is 4.69. The van der Waals surface area contributed by atoms with Crippen LogP contribution in [-0.4, -0.2) is 59.4 Å². The van der Waals surface area contributed by atoms with Crippen LogP contribution < -0.4 is 14.4 Å². The van der Waals surface area contributed by atoms with Gasteiger partial charge in [0.25, 0.3) is 0 Å². The average Bonchev–Trinajstić information content (AvgIpc) is 3.42. The molecule has 1 atom stereocenters. The number of nitrogens with zero attached hydrogens (tertiary/aromatic N) is 5. The molecule has 1 unspecified atom stereocenters. The van der Waals surface area contributed by atoms with Crippen LogP contribution in [-0.2, 0) is 0 Å². The van der Waals surface area contributed by atoms with Crippen LogP contribution >= 0.6 is 11.3 Å². The number of likely N-dealkylation sites (tertiary alicyclic amines) is 1. The van der Waals surface area contributed by atoms with E-state index in [2.05, 4.69) is 20.0 Å². The zero-order chi connectivity index (χ0) is 19.6. The summed E-state index contributed by atoms with van der Waals surface area (Å²) in [6.07, 6.45) is 5.32. The smallest absolute Gasteiger partial charge is 0.239 e. The van der Waals surface area contributed by atoms with Crippen molar-refractivity contribution in [1.82, 2.24) is 20.1 Å². The fourth-order valence-corrected chi connectivity index (χ4v) is 5.21. The van der Waals surface area contributed by atoms with Crippen LogP contribution in [0.3, 0.4) is 0 Å². The molecule has 2 aliphatic heterocycles. The Morgan fingerprint density at radius 2 is 1.83 bits per heavy atom. The van der Waals surface area contributed by atoms with Crippen LogP contribution in [0.1, 0.15) is 25.7 Å². The minimum atomic E-state index is 0.443. The monoisotopic (exact) mass is 411 g/mol. The first-order valence-electron chi connectivity index (χ1n) is 10.2. The summed E-state index contributed by atoms with van der Waals surface area (Å²) in [4.78, 5) is 9.99. The molecule has 5 rings (SSSR count). The van der Waals surface area contributed by atoms with Gasteiger partial charge in [0.15, 0.2) is 5.13 Å². The molecule has 0 N–H and O–H groups in total. The second kappa shape index (κ2) is 8.12. The van der Waals surface area contributed by atoms with Crippen molar-refractivity contribution in [3.8, 4) is 17.5 Å². The molecule has 0 radical (unpaired) electrons. The lowest BCUT2D eigenvalue weighted by atomic mass is 10.1. The summed E-state index contributed by atoms with van der Waals surface area (Å²) < 4.78 is 12.0. The van der Waals surface area contributed by atoms with E-state index in [0.29, 0.717) is 17.8 Å². The van der Waals surface area contributed by atoms with Gasteiger partial charge < -0.3 is 14.4 Å². The molecular formula is C21H25N5O2S. The van der Waals surface area contributed by atoms with Crippen LogP contribution in [0.4, 0.5) is 5.13 Å². The van der Waals surface area contributed by atoms with E-state index >= 15 is 0 Å². The minimum absolute atomic E-state index is 0.443. The molecule has 2 saturated heterocycles. The second-order valence-electron chi connectivity index (χ2n) is 7.63. The molecule has 29 heavy (non-hydrogen) atoms. The Morgan fingerprint density at radius 1 is 1.00 bits per heavy atom. The van der Waals surface area contributed by atoms with Crippen LogP contribution in [0.25, 0.3) is 10.2 Å². The van der Waals surface area contributed by atoms with Gasteiger partial charge in [-0.15, -0.1) is 10.2 Å². The summed E-state index contributed by atoms with van der Waals surface area (Å²) in [6, 6.07) is 10.1. The number of hydrogen-bond acceptors (Lipinski definition) is 8. The van der Waals surface area contributed by atoms with E-state index < -0.39 is 0 Å². The molecule has 0 aliphatic carbocycles. The number of anilines is 1. The third-order valence-corrected chi connectivity index (χ3v) is 6.82. The van der Waals surface area contributed by atoms with Gasteiger partial charge in [0.2, 0.25) is 11.8 Å². The predicted molar refractivity (Wildman–Crippen MR) is 114 cm³/mol. The van der Waals surface area contributed by atoms with Crippen molar-refractivity contribution < 1.29 is 9.47 Å². The van der Waals surface area contributed by atoms with Crippen molar-refractivity contribution in [2.24, 2.45) is 0 Å². The molecule has 3 aromatic rings. The fraction of sp³-hybridized carbons (Fsp3) is 0.476. The van der Waals surface area contributed by atoms with Gasteiger partial charge in [-0.1, -0.05) is 17.8 Å². The molecule has 0 amide bonds. The Hall–Kier alpha value is -2.45. The fourth-order valence-electron chi connectivity index (χ4n) is 4.18. The van der Waals surface area contributed by atoms with Gasteiger partial charge >= 0.3 is 0 Å². The lowest BCUT2D eigenvalue weighted by molar-refractivity contribution is 0.175. The van der Waals surface area contributed by atoms with Gasteiger partial charge in [-0.3, -0.25) is 4.90 Å². The van der Waals surface area contributed by atoms with Gasteiger partial charge in [0, 0.05) is 37.3 Å². The highest BCUT2D eigenvalue weighted by atomic mass is 32.1. The molecule has 2 aromatic heterocycles. The van der Waals surface area contributed by atoms with E-state index in [1.165, 1.54) is 38.8 Å². The predicted octanol–water partition coefficient (Wildman–Crippen LogP) is 3.95. The molecular weight excluding hydrogens is 386 g/mol. The molecule has 0 saturated carbocycles. The normalized spacial score (nSPS) is 20.3. The van der Waals surface area contributed by atoms with E-state index in [9.17, 15) is 0 Å². The standard InChI is InChI=1S/C21H25N5O2S/c1-27-19-7-8-20(24-23-19)28-16-5-6-17-18(13-16)29-21(22-17)26-12-9-15(14-26)25-10-3-2-4-11-25/h5-8,13,15H,2-4,9-12,14H2,1H3. The summed E-state index contributed by atoms with van der Waals surface area (Å²) in [5.41, 5.74) is 1.01. The van der Waals surface area contributed by atoms with E-state index in [1.807, 2.05) is 18.2 Å². The third-order valence-electron chi connectivity index (χ3n) is 5.74. The second-order valence-corrected chi connectivity index (χ2v) is 8.64. The topological polar surface area (TPSA) is 63.6 Å². The number of ether oxygens (including phenoxy) is 2. The molecule has 152 valence electrons. The molecule has 2 fully saturated rings. The van der Waals surface area contributed by atoms with Gasteiger partial charge in [-0.25, -0.2) is 4.98 Å². The van der Waals surface area contributed by atoms with Crippen molar-refractivity contribution in [1.29, 1.82) is 0 Å². The zero-order valence-electron chi connectivity index (χ0n) is 16.6. The molecule has 1 aromatic carbocycles. The Bertz CT molecular complexity index is 971. The van der Waals surface area contributed by atoms with Gasteiger partial charge in [-0.05, 0) is 44.5 Å². The van der Waals surface area contributed by atoms with Gasteiger partial charge in [0.05, 0.1) is 17.3 Å². The number of thiazole rings is 1. The van der Waals surface area contributed by atoms with Crippen LogP contribution in [0, 0.1) is 0 Å². The van der Waals surface area contributed by atoms with E-state index in [-0.39, 0.29) is 0 Å². The van der Waals surface area contributed by atoms with Crippen molar-refractivity contribution in [3.63, 3.8) is 0 Å². The first-order valence-corrected chi connectivity index (χ1v) is 11.1. The first kappa shape index (κ1) is 18.6. The Kier molecular flexibility index (Phi) is 5.20. The number of methoxy groups -OCH3 is 1. The highest BCUT2D eigenvalue weighted by molar-refractivity contribution is 7.22. The molecule has 0 spiro atoms. The summed E-state index contributed by atoms with van der Waals surface area (Å²) >= 11 is 1.73. The quantitative estimate of drug-likeness (QED) is 0.630. The van der Waals surface area contributed by atoms with Crippen LogP contribution in [0.15, 0.2) is 30.3 Å². The maximum atomic E-state index is 5.85. The number of aromatic nitrogens is 3. The van der Waals surface area contributed by atoms with Gasteiger partial charge in [0.1, 0.15) is 5.75 Å². The SMILES string of the molecule is COc1ccc(Oc2ccc3nc(N4CCC(N5CCCCC5)C4)sc3c2)nn1. The van der Waals surface area contributed by atoms with E-state index in [0.717, 1.165) is 34.2 Å². The van der Waals surface area contributed by atoms with Crippen molar-refractivity contribution in [2.75, 3.05) is 38.2 Å². The third kappa shape index (κ3) is 4.00. The number of piperidine rings is 1. The highest BCUT2D eigenvalue weighted by Gasteiger charge is 2.29.